The number of carboxylic acids is 1. The fourth-order valence-corrected chi connectivity index (χ4v) is 2.32. The van der Waals surface area contributed by atoms with E-state index in [1.54, 1.807) is 0 Å². The first-order valence-corrected chi connectivity index (χ1v) is 6.62. The number of carbonyl (C=O) groups excluding carboxylic acids is 1. The molecule has 1 aliphatic carbocycles. The van der Waals surface area contributed by atoms with E-state index in [0.717, 1.165) is 0 Å². The minimum absolute atomic E-state index is 0.0107. The van der Waals surface area contributed by atoms with Gasteiger partial charge in [-0.3, -0.25) is 9.59 Å². The number of rotatable bonds is 4. The fourth-order valence-electron chi connectivity index (χ4n) is 2.32. The van der Waals surface area contributed by atoms with Crippen molar-refractivity contribution < 1.29 is 27.9 Å². The second-order valence-electron chi connectivity index (χ2n) is 6.02. The summed E-state index contributed by atoms with van der Waals surface area (Å²) in [5.74, 6) is -2.78. The quantitative estimate of drug-likeness (QED) is 0.838. The van der Waals surface area contributed by atoms with Gasteiger partial charge in [0.05, 0.1) is 11.3 Å². The van der Waals surface area contributed by atoms with Gasteiger partial charge in [0, 0.05) is 12.5 Å². The molecule has 0 bridgehead atoms. The standard InChI is InChI=1S/C13H20F3NO3/c1-12(2,11(19)20)7-10(18)17-9-5-3-8(4-6-9)13(14,15)16/h8-9H,3-7H2,1-2H3,(H,17,18)(H,19,20). The molecule has 1 saturated carbocycles. The lowest BCUT2D eigenvalue weighted by atomic mass is 9.85. The van der Waals surface area contributed by atoms with E-state index < -0.39 is 29.4 Å². The zero-order chi connectivity index (χ0) is 15.6. The van der Waals surface area contributed by atoms with Gasteiger partial charge in [-0.15, -0.1) is 0 Å². The van der Waals surface area contributed by atoms with Crippen LogP contribution in [-0.4, -0.2) is 29.2 Å². The zero-order valence-electron chi connectivity index (χ0n) is 11.6. The maximum Gasteiger partial charge on any atom is 0.391 e. The summed E-state index contributed by atoms with van der Waals surface area (Å²) in [6.07, 6.45) is -3.76. The highest BCUT2D eigenvalue weighted by molar-refractivity contribution is 5.84. The van der Waals surface area contributed by atoms with E-state index in [1.807, 2.05) is 0 Å². The average Bonchev–Trinajstić information content (AvgIpc) is 2.27. The molecule has 116 valence electrons. The maximum atomic E-state index is 12.5. The third kappa shape index (κ3) is 4.68. The lowest BCUT2D eigenvalue weighted by Crippen LogP contribution is -2.42. The van der Waals surface area contributed by atoms with Gasteiger partial charge in [-0.2, -0.15) is 13.2 Å². The molecule has 0 saturated heterocycles. The summed E-state index contributed by atoms with van der Waals surface area (Å²) in [6, 6.07) is -0.286. The molecule has 20 heavy (non-hydrogen) atoms. The lowest BCUT2D eigenvalue weighted by molar-refractivity contribution is -0.182. The zero-order valence-corrected chi connectivity index (χ0v) is 11.6. The van der Waals surface area contributed by atoms with Gasteiger partial charge in [-0.1, -0.05) is 0 Å². The number of alkyl halides is 3. The molecule has 1 amide bonds. The molecule has 1 fully saturated rings. The summed E-state index contributed by atoms with van der Waals surface area (Å²) < 4.78 is 37.5. The monoisotopic (exact) mass is 295 g/mol. The first-order valence-electron chi connectivity index (χ1n) is 6.62. The van der Waals surface area contributed by atoms with Gasteiger partial charge in [0.25, 0.3) is 0 Å². The van der Waals surface area contributed by atoms with Crippen LogP contribution in [0.5, 0.6) is 0 Å². The van der Waals surface area contributed by atoms with Crippen LogP contribution in [0.3, 0.4) is 0 Å². The van der Waals surface area contributed by atoms with Crippen molar-refractivity contribution in [2.24, 2.45) is 11.3 Å². The third-order valence-corrected chi connectivity index (χ3v) is 3.74. The van der Waals surface area contributed by atoms with Gasteiger partial charge in [0.1, 0.15) is 0 Å². The number of halogens is 3. The molecular weight excluding hydrogens is 275 g/mol. The summed E-state index contributed by atoms with van der Waals surface area (Å²) in [7, 11) is 0. The summed E-state index contributed by atoms with van der Waals surface area (Å²) in [6.45, 7) is 2.88. The van der Waals surface area contributed by atoms with Gasteiger partial charge in [0.15, 0.2) is 0 Å². The molecule has 0 radical (unpaired) electrons. The van der Waals surface area contributed by atoms with Crippen LogP contribution in [0.15, 0.2) is 0 Å². The molecule has 0 unspecified atom stereocenters. The van der Waals surface area contributed by atoms with E-state index in [2.05, 4.69) is 5.32 Å². The van der Waals surface area contributed by atoms with Gasteiger partial charge in [0.2, 0.25) is 5.91 Å². The number of hydrogen-bond donors (Lipinski definition) is 2. The first kappa shape index (κ1) is 16.8. The Labute approximate surface area is 115 Å². The first-order chi connectivity index (χ1) is 9.02. The highest BCUT2D eigenvalue weighted by atomic mass is 19.4. The summed E-state index contributed by atoms with van der Waals surface area (Å²) in [5, 5.41) is 11.5. The van der Waals surface area contributed by atoms with Crippen molar-refractivity contribution >= 4 is 11.9 Å². The number of carboxylic acid groups (broad SMARTS) is 1. The summed E-state index contributed by atoms with van der Waals surface area (Å²) in [4.78, 5) is 22.6. The van der Waals surface area contributed by atoms with Crippen molar-refractivity contribution in [3.8, 4) is 0 Å². The van der Waals surface area contributed by atoms with E-state index in [4.69, 9.17) is 5.11 Å². The van der Waals surface area contributed by atoms with Crippen molar-refractivity contribution in [2.75, 3.05) is 0 Å². The summed E-state index contributed by atoms with van der Waals surface area (Å²) in [5.41, 5.74) is -1.17. The third-order valence-electron chi connectivity index (χ3n) is 3.74. The van der Waals surface area contributed by atoms with Gasteiger partial charge in [-0.25, -0.2) is 0 Å². The van der Waals surface area contributed by atoms with E-state index in [1.165, 1.54) is 13.8 Å². The van der Waals surface area contributed by atoms with Crippen LogP contribution >= 0.6 is 0 Å². The van der Waals surface area contributed by atoms with E-state index in [-0.39, 0.29) is 38.1 Å². The predicted octanol–water partition coefficient (Wildman–Crippen LogP) is 2.72. The smallest absolute Gasteiger partial charge is 0.391 e. The Kier molecular flexibility index (Phi) is 5.05. The topological polar surface area (TPSA) is 66.4 Å². The van der Waals surface area contributed by atoms with E-state index in [0.29, 0.717) is 0 Å². The number of hydrogen-bond acceptors (Lipinski definition) is 2. The van der Waals surface area contributed by atoms with Crippen LogP contribution in [0.4, 0.5) is 13.2 Å². The predicted molar refractivity (Wildman–Crippen MR) is 66.0 cm³/mol. The Bertz CT molecular complexity index is 372. The van der Waals surface area contributed by atoms with Gasteiger partial charge in [-0.05, 0) is 39.5 Å². The molecule has 1 rings (SSSR count). The molecule has 0 spiro atoms. The van der Waals surface area contributed by atoms with E-state index >= 15 is 0 Å². The molecule has 0 atom stereocenters. The summed E-state index contributed by atoms with van der Waals surface area (Å²) >= 11 is 0. The molecule has 0 aromatic heterocycles. The van der Waals surface area contributed by atoms with Crippen LogP contribution in [0, 0.1) is 11.3 Å². The highest BCUT2D eigenvalue weighted by Gasteiger charge is 2.41. The Hall–Kier alpha value is -1.27. The SMILES string of the molecule is CC(C)(CC(=O)NC1CCC(C(F)(F)F)CC1)C(=O)O. The molecule has 0 aromatic rings. The van der Waals surface area contributed by atoms with Crippen molar-refractivity contribution in [1.29, 1.82) is 0 Å². The lowest BCUT2D eigenvalue weighted by Gasteiger charge is -2.31. The van der Waals surface area contributed by atoms with Crippen LogP contribution in [0.1, 0.15) is 46.0 Å². The van der Waals surface area contributed by atoms with Crippen molar-refractivity contribution in [3.63, 3.8) is 0 Å². The molecule has 1 aliphatic rings. The van der Waals surface area contributed by atoms with Crippen molar-refractivity contribution in [2.45, 2.75) is 58.2 Å². The number of amides is 1. The molecule has 0 heterocycles. The number of carbonyl (C=O) groups is 2. The van der Waals surface area contributed by atoms with Crippen LogP contribution in [0.25, 0.3) is 0 Å². The fraction of sp³-hybridized carbons (Fsp3) is 0.846. The van der Waals surface area contributed by atoms with Crippen molar-refractivity contribution in [3.05, 3.63) is 0 Å². The van der Waals surface area contributed by atoms with Gasteiger partial charge < -0.3 is 10.4 Å². The molecule has 0 aromatic carbocycles. The Morgan fingerprint density at radius 3 is 2.05 bits per heavy atom. The molecule has 4 nitrogen and oxygen atoms in total. The molecule has 2 N–H and O–H groups in total. The Balaban J connectivity index is 2.41. The molecular formula is C13H20F3NO3. The van der Waals surface area contributed by atoms with Crippen LogP contribution in [-0.2, 0) is 9.59 Å². The second kappa shape index (κ2) is 6.01. The Morgan fingerprint density at radius 2 is 1.65 bits per heavy atom. The number of aliphatic carboxylic acids is 1. The average molecular weight is 295 g/mol. The van der Waals surface area contributed by atoms with Crippen molar-refractivity contribution in [1.82, 2.24) is 5.32 Å². The molecule has 0 aliphatic heterocycles. The molecule has 7 heteroatoms. The normalized spacial score (nSPS) is 24.2. The number of nitrogens with one attached hydrogen (secondary N) is 1. The minimum atomic E-state index is -4.17. The van der Waals surface area contributed by atoms with Crippen LogP contribution in [0.2, 0.25) is 0 Å². The highest BCUT2D eigenvalue weighted by Crippen LogP contribution is 2.37. The maximum absolute atomic E-state index is 12.5. The second-order valence-corrected chi connectivity index (χ2v) is 6.02. The van der Waals surface area contributed by atoms with Gasteiger partial charge >= 0.3 is 12.1 Å². The van der Waals surface area contributed by atoms with E-state index in [9.17, 15) is 22.8 Å². The van der Waals surface area contributed by atoms with Crippen LogP contribution < -0.4 is 5.32 Å². The minimum Gasteiger partial charge on any atom is -0.481 e. The largest absolute Gasteiger partial charge is 0.481 e. The Morgan fingerprint density at radius 1 is 1.15 bits per heavy atom.